The molecular formula is C19H20N2O5S. The second-order valence-corrected chi connectivity index (χ2v) is 8.80. The third-order valence-electron chi connectivity index (χ3n) is 5.27. The molecule has 2 atom stereocenters. The highest BCUT2D eigenvalue weighted by atomic mass is 32.2. The first-order valence-corrected chi connectivity index (χ1v) is 9.99. The molecule has 0 unspecified atom stereocenters. The van der Waals surface area contributed by atoms with Crippen molar-refractivity contribution in [2.75, 3.05) is 30.4 Å². The fourth-order valence-corrected chi connectivity index (χ4v) is 6.06. The highest BCUT2D eigenvalue weighted by molar-refractivity contribution is 7.95. The van der Waals surface area contributed by atoms with Crippen molar-refractivity contribution in [3.8, 4) is 11.5 Å². The van der Waals surface area contributed by atoms with Crippen molar-refractivity contribution in [3.63, 3.8) is 0 Å². The second kappa shape index (κ2) is 6.16. The number of ether oxygens (including phenoxy) is 2. The molecule has 2 aromatic rings. The topological polar surface area (TPSA) is 84.9 Å². The number of carbonyl (C=O) groups is 1. The molecule has 2 aliphatic rings. The Bertz CT molecular complexity index is 992. The Kier molecular flexibility index (Phi) is 4.03. The maximum absolute atomic E-state index is 13.2. The second-order valence-electron chi connectivity index (χ2n) is 6.68. The van der Waals surface area contributed by atoms with Crippen LogP contribution in [0.5, 0.6) is 11.5 Å². The van der Waals surface area contributed by atoms with Gasteiger partial charge in [-0.25, -0.2) is 8.42 Å². The summed E-state index contributed by atoms with van der Waals surface area (Å²) >= 11 is 0. The lowest BCUT2D eigenvalue weighted by molar-refractivity contribution is -0.116. The molecule has 7 nitrogen and oxygen atoms in total. The van der Waals surface area contributed by atoms with Crippen LogP contribution in [0.25, 0.3) is 0 Å². The first-order valence-electron chi connectivity index (χ1n) is 8.55. The molecule has 2 aromatic carbocycles. The summed E-state index contributed by atoms with van der Waals surface area (Å²) in [5.41, 5.74) is 0.996. The molecule has 8 heteroatoms. The van der Waals surface area contributed by atoms with Gasteiger partial charge in [-0.05, 0) is 30.7 Å². The lowest BCUT2D eigenvalue weighted by atomic mass is 10.2. The zero-order valence-electron chi connectivity index (χ0n) is 15.0. The number of carbonyl (C=O) groups excluding carboxylic acids is 1. The Morgan fingerprint density at radius 2 is 1.89 bits per heavy atom. The monoisotopic (exact) mass is 388 g/mol. The number of methoxy groups -OCH3 is 2. The average molecular weight is 388 g/mol. The van der Waals surface area contributed by atoms with E-state index in [0.29, 0.717) is 35.8 Å². The SMILES string of the molecule is COc1ccc(NC(=O)[C@]23C[C@H]2CN(c2ccccc2)S3(=O)=O)c(OC)c1. The number of fused-ring (bicyclic) bond motifs is 1. The van der Waals surface area contributed by atoms with E-state index in [1.165, 1.54) is 18.5 Å². The van der Waals surface area contributed by atoms with Gasteiger partial charge in [0.25, 0.3) is 0 Å². The summed E-state index contributed by atoms with van der Waals surface area (Å²) in [6.07, 6.45) is 0.336. The van der Waals surface area contributed by atoms with Crippen LogP contribution < -0.4 is 19.1 Å². The van der Waals surface area contributed by atoms with Gasteiger partial charge < -0.3 is 14.8 Å². The van der Waals surface area contributed by atoms with Gasteiger partial charge in [0.1, 0.15) is 11.5 Å². The molecule has 1 aliphatic heterocycles. The first kappa shape index (κ1) is 17.7. The molecule has 4 rings (SSSR count). The van der Waals surface area contributed by atoms with Crippen LogP contribution in [0.15, 0.2) is 48.5 Å². The first-order chi connectivity index (χ1) is 12.9. The maximum Gasteiger partial charge on any atom is 0.250 e. The molecule has 1 N–H and O–H groups in total. The van der Waals surface area contributed by atoms with Crippen molar-refractivity contribution in [2.45, 2.75) is 11.2 Å². The summed E-state index contributed by atoms with van der Waals surface area (Å²) in [7, 11) is -0.792. The Labute approximate surface area is 157 Å². The largest absolute Gasteiger partial charge is 0.497 e. The van der Waals surface area contributed by atoms with Gasteiger partial charge in [-0.2, -0.15) is 0 Å². The smallest absolute Gasteiger partial charge is 0.250 e. The van der Waals surface area contributed by atoms with E-state index in [-0.39, 0.29) is 5.92 Å². The predicted octanol–water partition coefficient (Wildman–Crippen LogP) is 2.25. The summed E-state index contributed by atoms with van der Waals surface area (Å²) in [4.78, 5) is 13.0. The number of hydrogen-bond acceptors (Lipinski definition) is 5. The number of sulfonamides is 1. The number of nitrogens with one attached hydrogen (secondary N) is 1. The quantitative estimate of drug-likeness (QED) is 0.849. The van der Waals surface area contributed by atoms with Crippen LogP contribution in [0.3, 0.4) is 0 Å². The van der Waals surface area contributed by atoms with Crippen LogP contribution in [-0.2, 0) is 14.8 Å². The predicted molar refractivity (Wildman–Crippen MR) is 102 cm³/mol. The summed E-state index contributed by atoms with van der Waals surface area (Å²) < 4.78 is 36.7. The fraction of sp³-hybridized carbons (Fsp3) is 0.316. The Hall–Kier alpha value is -2.74. The summed E-state index contributed by atoms with van der Waals surface area (Å²) in [6, 6.07) is 13.8. The lowest BCUT2D eigenvalue weighted by Crippen LogP contribution is -2.42. The van der Waals surface area contributed by atoms with Gasteiger partial charge in [-0.15, -0.1) is 0 Å². The number of anilines is 2. The van der Waals surface area contributed by atoms with Gasteiger partial charge in [0, 0.05) is 18.5 Å². The van der Waals surface area contributed by atoms with Crippen molar-refractivity contribution in [1.29, 1.82) is 0 Å². The van der Waals surface area contributed by atoms with E-state index < -0.39 is 20.7 Å². The molecule has 1 aliphatic carbocycles. The molecule has 1 heterocycles. The number of para-hydroxylation sites is 1. The molecule has 0 spiro atoms. The molecule has 1 saturated heterocycles. The molecule has 0 bridgehead atoms. The van der Waals surface area contributed by atoms with Gasteiger partial charge in [0.2, 0.25) is 15.9 Å². The van der Waals surface area contributed by atoms with E-state index in [4.69, 9.17) is 9.47 Å². The molecule has 2 fully saturated rings. The van der Waals surface area contributed by atoms with Gasteiger partial charge in [-0.1, -0.05) is 18.2 Å². The summed E-state index contributed by atoms with van der Waals surface area (Å²) in [5.74, 6) is 0.254. The highest BCUT2D eigenvalue weighted by Crippen LogP contribution is 2.58. The number of hydrogen-bond donors (Lipinski definition) is 1. The standard InChI is InChI=1S/C19H20N2O5S/c1-25-15-8-9-16(17(10-15)26-2)20-18(22)19-11-13(19)12-21(27(19,23)24)14-6-4-3-5-7-14/h3-10,13H,11-12H2,1-2H3,(H,20,22)/t13-,19-/m0/s1. The van der Waals surface area contributed by atoms with Gasteiger partial charge in [-0.3, -0.25) is 9.10 Å². The third kappa shape index (κ3) is 2.55. The number of rotatable bonds is 5. The zero-order chi connectivity index (χ0) is 19.2. The van der Waals surface area contributed by atoms with Gasteiger partial charge in [0.05, 0.1) is 25.6 Å². The van der Waals surface area contributed by atoms with Crippen LogP contribution >= 0.6 is 0 Å². The molecule has 0 aromatic heterocycles. The molecule has 142 valence electrons. The molecule has 27 heavy (non-hydrogen) atoms. The van der Waals surface area contributed by atoms with E-state index >= 15 is 0 Å². The fourth-order valence-electron chi connectivity index (χ4n) is 3.69. The van der Waals surface area contributed by atoms with Crippen molar-refractivity contribution < 1.29 is 22.7 Å². The number of amides is 1. The average Bonchev–Trinajstić information content (AvgIpc) is 3.38. The van der Waals surface area contributed by atoms with Crippen LogP contribution in [0, 0.1) is 5.92 Å². The van der Waals surface area contributed by atoms with E-state index in [9.17, 15) is 13.2 Å². The molecule has 1 amide bonds. The minimum atomic E-state index is -3.80. The van der Waals surface area contributed by atoms with Crippen molar-refractivity contribution in [3.05, 3.63) is 48.5 Å². The van der Waals surface area contributed by atoms with Crippen molar-refractivity contribution in [2.24, 2.45) is 5.92 Å². The summed E-state index contributed by atoms with van der Waals surface area (Å²) in [5, 5.41) is 2.74. The van der Waals surface area contributed by atoms with E-state index in [1.54, 1.807) is 42.5 Å². The van der Waals surface area contributed by atoms with Crippen LogP contribution in [0.1, 0.15) is 6.42 Å². The van der Waals surface area contributed by atoms with E-state index in [1.807, 2.05) is 6.07 Å². The summed E-state index contributed by atoms with van der Waals surface area (Å²) in [6.45, 7) is 0.319. The Morgan fingerprint density at radius 1 is 1.15 bits per heavy atom. The molecular weight excluding hydrogens is 368 g/mol. The molecule has 0 radical (unpaired) electrons. The van der Waals surface area contributed by atoms with E-state index in [2.05, 4.69) is 5.32 Å². The third-order valence-corrected chi connectivity index (χ3v) is 7.82. The van der Waals surface area contributed by atoms with Crippen LogP contribution in [0.4, 0.5) is 11.4 Å². The van der Waals surface area contributed by atoms with E-state index in [0.717, 1.165) is 0 Å². The Morgan fingerprint density at radius 3 is 2.56 bits per heavy atom. The lowest BCUT2D eigenvalue weighted by Gasteiger charge is -2.23. The highest BCUT2D eigenvalue weighted by Gasteiger charge is 2.75. The maximum atomic E-state index is 13.2. The number of nitrogens with zero attached hydrogens (tertiary/aromatic N) is 1. The normalized spacial score (nSPS) is 24.8. The number of benzene rings is 2. The minimum absolute atomic E-state index is 0.216. The Balaban J connectivity index is 1.62. The van der Waals surface area contributed by atoms with Crippen LogP contribution in [0.2, 0.25) is 0 Å². The minimum Gasteiger partial charge on any atom is -0.497 e. The zero-order valence-corrected chi connectivity index (χ0v) is 15.8. The van der Waals surface area contributed by atoms with Crippen molar-refractivity contribution >= 4 is 27.3 Å². The van der Waals surface area contributed by atoms with Crippen molar-refractivity contribution in [1.82, 2.24) is 0 Å². The van der Waals surface area contributed by atoms with Crippen LogP contribution in [-0.4, -0.2) is 39.8 Å². The van der Waals surface area contributed by atoms with Gasteiger partial charge >= 0.3 is 0 Å². The molecule has 1 saturated carbocycles. The van der Waals surface area contributed by atoms with Gasteiger partial charge in [0.15, 0.2) is 4.75 Å².